The molecule has 0 unspecified atom stereocenters. The maximum absolute atomic E-state index is 10.7. The maximum atomic E-state index is 10.7. The Morgan fingerprint density at radius 2 is 1.73 bits per heavy atom. The number of hydrogen-bond donors (Lipinski definition) is 1. The van der Waals surface area contributed by atoms with E-state index in [1.807, 2.05) is 6.92 Å². The monoisotopic (exact) mass is 212 g/mol. The van der Waals surface area contributed by atoms with Crippen LogP contribution in [0.15, 0.2) is 11.1 Å². The van der Waals surface area contributed by atoms with Gasteiger partial charge in [0.2, 0.25) is 0 Å². The van der Waals surface area contributed by atoms with Crippen molar-refractivity contribution in [3.05, 3.63) is 11.1 Å². The highest BCUT2D eigenvalue weighted by molar-refractivity contribution is 5.86. The first-order valence-electron chi connectivity index (χ1n) is 5.84. The molecule has 0 atom stereocenters. The van der Waals surface area contributed by atoms with Crippen LogP contribution in [0.25, 0.3) is 0 Å². The highest BCUT2D eigenvalue weighted by atomic mass is 16.4. The van der Waals surface area contributed by atoms with Crippen molar-refractivity contribution >= 4 is 5.97 Å². The summed E-state index contributed by atoms with van der Waals surface area (Å²) in [5, 5.41) is 8.77. The lowest BCUT2D eigenvalue weighted by atomic mass is 10.0. The van der Waals surface area contributed by atoms with Crippen LogP contribution in [0, 0.1) is 5.92 Å². The highest BCUT2D eigenvalue weighted by Gasteiger charge is 2.04. The van der Waals surface area contributed by atoms with Crippen molar-refractivity contribution in [3.63, 3.8) is 0 Å². The molecule has 0 spiro atoms. The fraction of sp³-hybridized carbons (Fsp3) is 0.769. The number of aliphatic carboxylic acids is 1. The van der Waals surface area contributed by atoms with Crippen LogP contribution in [-0.4, -0.2) is 11.1 Å². The summed E-state index contributed by atoms with van der Waals surface area (Å²) < 4.78 is 0. The van der Waals surface area contributed by atoms with E-state index in [0.717, 1.165) is 24.3 Å². The average molecular weight is 212 g/mol. The van der Waals surface area contributed by atoms with E-state index in [2.05, 4.69) is 13.8 Å². The molecule has 0 aromatic heterocycles. The predicted molar refractivity (Wildman–Crippen MR) is 63.9 cm³/mol. The number of carboxylic acid groups (broad SMARTS) is 1. The van der Waals surface area contributed by atoms with E-state index in [1.165, 1.54) is 19.3 Å². The minimum atomic E-state index is -0.783. The summed E-state index contributed by atoms with van der Waals surface area (Å²) in [5.41, 5.74) is 1.53. The minimum absolute atomic E-state index is 0.513. The molecule has 0 aromatic carbocycles. The van der Waals surface area contributed by atoms with Crippen LogP contribution in [0.5, 0.6) is 0 Å². The van der Waals surface area contributed by atoms with Gasteiger partial charge in [-0.1, -0.05) is 38.7 Å². The van der Waals surface area contributed by atoms with Crippen molar-refractivity contribution in [1.29, 1.82) is 0 Å². The Balaban J connectivity index is 3.68. The first kappa shape index (κ1) is 14.2. The van der Waals surface area contributed by atoms with Crippen molar-refractivity contribution in [1.82, 2.24) is 0 Å². The third-order valence-corrected chi connectivity index (χ3v) is 2.79. The van der Waals surface area contributed by atoms with Gasteiger partial charge in [0, 0.05) is 5.57 Å². The zero-order chi connectivity index (χ0) is 11.8. The van der Waals surface area contributed by atoms with Crippen molar-refractivity contribution in [2.24, 2.45) is 5.92 Å². The van der Waals surface area contributed by atoms with E-state index in [1.54, 1.807) is 6.92 Å². The Kier molecular flexibility index (Phi) is 7.10. The van der Waals surface area contributed by atoms with E-state index in [-0.39, 0.29) is 0 Å². The van der Waals surface area contributed by atoms with E-state index in [4.69, 9.17) is 5.11 Å². The lowest BCUT2D eigenvalue weighted by Gasteiger charge is -2.06. The molecule has 0 saturated carbocycles. The standard InChI is InChI=1S/C13H24O2/c1-10(2)8-6-5-7-9-11(3)12(4)13(14)15/h10H,5-9H2,1-4H3,(H,14,15). The number of hydrogen-bond acceptors (Lipinski definition) is 1. The van der Waals surface area contributed by atoms with Crippen LogP contribution in [0.3, 0.4) is 0 Å². The van der Waals surface area contributed by atoms with Gasteiger partial charge < -0.3 is 5.11 Å². The molecule has 0 bridgehead atoms. The molecule has 15 heavy (non-hydrogen) atoms. The van der Waals surface area contributed by atoms with E-state index in [9.17, 15) is 4.79 Å². The molecule has 88 valence electrons. The predicted octanol–water partition coefficient (Wildman–Crippen LogP) is 4.01. The van der Waals surface area contributed by atoms with Crippen LogP contribution >= 0.6 is 0 Å². The summed E-state index contributed by atoms with van der Waals surface area (Å²) in [6.07, 6.45) is 5.79. The molecule has 2 nitrogen and oxygen atoms in total. The smallest absolute Gasteiger partial charge is 0.331 e. The molecule has 0 amide bonds. The first-order valence-corrected chi connectivity index (χ1v) is 5.84. The number of unbranched alkanes of at least 4 members (excludes halogenated alkanes) is 2. The average Bonchev–Trinajstić information content (AvgIpc) is 2.15. The van der Waals surface area contributed by atoms with Crippen LogP contribution in [-0.2, 0) is 4.79 Å². The molecule has 0 radical (unpaired) electrons. The topological polar surface area (TPSA) is 37.3 Å². The number of carboxylic acids is 1. The molecule has 0 aliphatic carbocycles. The molecule has 0 fully saturated rings. The normalized spacial score (nSPS) is 12.9. The van der Waals surface area contributed by atoms with Gasteiger partial charge in [-0.25, -0.2) is 4.79 Å². The van der Waals surface area contributed by atoms with Gasteiger partial charge in [0.05, 0.1) is 0 Å². The van der Waals surface area contributed by atoms with Gasteiger partial charge in [0.1, 0.15) is 0 Å². The quantitative estimate of drug-likeness (QED) is 0.511. The zero-order valence-electron chi connectivity index (χ0n) is 10.5. The molecular formula is C13H24O2. The molecule has 0 rings (SSSR count). The fourth-order valence-electron chi connectivity index (χ4n) is 1.49. The second-order valence-electron chi connectivity index (χ2n) is 4.70. The number of carbonyl (C=O) groups is 1. The van der Waals surface area contributed by atoms with Crippen molar-refractivity contribution in [2.45, 2.75) is 59.8 Å². The van der Waals surface area contributed by atoms with Gasteiger partial charge in [-0.2, -0.15) is 0 Å². The summed E-state index contributed by atoms with van der Waals surface area (Å²) in [6.45, 7) is 8.08. The lowest BCUT2D eigenvalue weighted by molar-refractivity contribution is -0.132. The van der Waals surface area contributed by atoms with E-state index < -0.39 is 5.97 Å². The van der Waals surface area contributed by atoms with Gasteiger partial charge in [0.25, 0.3) is 0 Å². The molecule has 0 saturated heterocycles. The van der Waals surface area contributed by atoms with Gasteiger partial charge in [-0.3, -0.25) is 0 Å². The van der Waals surface area contributed by atoms with Crippen molar-refractivity contribution < 1.29 is 9.90 Å². The Labute approximate surface area is 93.4 Å². The first-order chi connectivity index (χ1) is 6.95. The number of allylic oxidation sites excluding steroid dienone is 1. The largest absolute Gasteiger partial charge is 0.478 e. The third-order valence-electron chi connectivity index (χ3n) is 2.79. The van der Waals surface area contributed by atoms with Crippen molar-refractivity contribution in [2.75, 3.05) is 0 Å². The SMILES string of the molecule is CC(CCCCCC(C)C)=C(C)C(=O)O. The van der Waals surface area contributed by atoms with Gasteiger partial charge >= 0.3 is 5.97 Å². The summed E-state index contributed by atoms with van der Waals surface area (Å²) in [6, 6.07) is 0. The van der Waals surface area contributed by atoms with Crippen LogP contribution in [0.2, 0.25) is 0 Å². The van der Waals surface area contributed by atoms with Gasteiger partial charge in [-0.05, 0) is 32.6 Å². The molecule has 0 aliphatic heterocycles. The summed E-state index contributed by atoms with van der Waals surface area (Å²) in [7, 11) is 0. The molecule has 0 aromatic rings. The molecule has 2 heteroatoms. The van der Waals surface area contributed by atoms with Gasteiger partial charge in [-0.15, -0.1) is 0 Å². The zero-order valence-corrected chi connectivity index (χ0v) is 10.5. The second kappa shape index (κ2) is 7.49. The Hall–Kier alpha value is -0.790. The lowest BCUT2D eigenvalue weighted by Crippen LogP contribution is -1.99. The highest BCUT2D eigenvalue weighted by Crippen LogP contribution is 2.15. The van der Waals surface area contributed by atoms with Crippen LogP contribution in [0.4, 0.5) is 0 Å². The molecule has 0 aliphatic rings. The fourth-order valence-corrected chi connectivity index (χ4v) is 1.49. The second-order valence-corrected chi connectivity index (χ2v) is 4.70. The molecule has 1 N–H and O–H groups in total. The summed E-state index contributed by atoms with van der Waals surface area (Å²) in [5.74, 6) is -0.00271. The van der Waals surface area contributed by atoms with E-state index in [0.29, 0.717) is 5.57 Å². The van der Waals surface area contributed by atoms with E-state index >= 15 is 0 Å². The minimum Gasteiger partial charge on any atom is -0.478 e. The number of rotatable bonds is 7. The Bertz CT molecular complexity index is 227. The maximum Gasteiger partial charge on any atom is 0.331 e. The Morgan fingerprint density at radius 1 is 1.13 bits per heavy atom. The third kappa shape index (κ3) is 7.18. The molecular weight excluding hydrogens is 188 g/mol. The molecule has 0 heterocycles. The summed E-state index contributed by atoms with van der Waals surface area (Å²) >= 11 is 0. The van der Waals surface area contributed by atoms with Crippen LogP contribution < -0.4 is 0 Å². The van der Waals surface area contributed by atoms with Gasteiger partial charge in [0.15, 0.2) is 0 Å². The van der Waals surface area contributed by atoms with Crippen molar-refractivity contribution in [3.8, 4) is 0 Å². The van der Waals surface area contributed by atoms with Crippen LogP contribution in [0.1, 0.15) is 59.8 Å². The Morgan fingerprint density at radius 3 is 2.20 bits per heavy atom. The summed E-state index contributed by atoms with van der Waals surface area (Å²) in [4.78, 5) is 10.7.